The number of carbonyl (C=O) groups is 1. The standard InChI is InChI=1S/C7H13NO.C3H8/c1-6-3-4-8(5-6)7(2)9;1-3-2/h6H,3-5H2,1-2H3;3H2,1-2H3/t6-;/m1./s1. The first-order valence-corrected chi connectivity index (χ1v) is 4.87. The first kappa shape index (κ1) is 11.5. The minimum atomic E-state index is 0.222. The normalized spacial score (nSPS) is 21.7. The summed E-state index contributed by atoms with van der Waals surface area (Å²) in [5.41, 5.74) is 0. The lowest BCUT2D eigenvalue weighted by molar-refractivity contribution is -0.127. The minimum Gasteiger partial charge on any atom is -0.343 e. The number of hydrogen-bond donors (Lipinski definition) is 0. The molecule has 1 atom stereocenters. The van der Waals surface area contributed by atoms with E-state index in [1.807, 2.05) is 4.90 Å². The second-order valence-electron chi connectivity index (χ2n) is 3.57. The van der Waals surface area contributed by atoms with Crippen LogP contribution in [0.3, 0.4) is 0 Å². The van der Waals surface area contributed by atoms with Gasteiger partial charge in [-0.1, -0.05) is 27.2 Å². The highest BCUT2D eigenvalue weighted by Crippen LogP contribution is 2.14. The lowest BCUT2D eigenvalue weighted by atomic mass is 10.2. The van der Waals surface area contributed by atoms with E-state index in [0.29, 0.717) is 5.92 Å². The Hall–Kier alpha value is -0.530. The molecule has 1 rings (SSSR count). The van der Waals surface area contributed by atoms with E-state index in [9.17, 15) is 4.79 Å². The second kappa shape index (κ2) is 6.04. The average Bonchev–Trinajstić information content (AvgIpc) is 2.37. The third-order valence-corrected chi connectivity index (χ3v) is 1.87. The van der Waals surface area contributed by atoms with Crippen LogP contribution in [0, 0.1) is 5.92 Å². The average molecular weight is 171 g/mol. The topological polar surface area (TPSA) is 20.3 Å². The van der Waals surface area contributed by atoms with Crippen molar-refractivity contribution in [2.24, 2.45) is 5.92 Å². The fraction of sp³-hybridized carbons (Fsp3) is 0.900. The first-order chi connectivity index (χ1) is 5.61. The van der Waals surface area contributed by atoms with Crippen LogP contribution >= 0.6 is 0 Å². The SMILES string of the molecule is CC(=O)N1CC[C@@H](C)C1.CCC. The molecule has 12 heavy (non-hydrogen) atoms. The molecular formula is C10H21NO. The predicted octanol–water partition coefficient (Wildman–Crippen LogP) is 2.29. The van der Waals surface area contributed by atoms with Gasteiger partial charge in [0.05, 0.1) is 0 Å². The minimum absolute atomic E-state index is 0.222. The lowest BCUT2D eigenvalue weighted by Crippen LogP contribution is -2.25. The zero-order valence-corrected chi connectivity index (χ0v) is 8.76. The van der Waals surface area contributed by atoms with Crippen molar-refractivity contribution in [3.63, 3.8) is 0 Å². The van der Waals surface area contributed by atoms with Gasteiger partial charge in [-0.2, -0.15) is 0 Å². The summed E-state index contributed by atoms with van der Waals surface area (Å²) >= 11 is 0. The maximum Gasteiger partial charge on any atom is 0.219 e. The number of carbonyl (C=O) groups excluding carboxylic acids is 1. The zero-order chi connectivity index (χ0) is 9.56. The van der Waals surface area contributed by atoms with Crippen LogP contribution in [0.5, 0.6) is 0 Å². The summed E-state index contributed by atoms with van der Waals surface area (Å²) in [4.78, 5) is 12.6. The Morgan fingerprint density at radius 3 is 2.17 bits per heavy atom. The molecule has 0 spiro atoms. The number of nitrogens with zero attached hydrogens (tertiary/aromatic N) is 1. The Balaban J connectivity index is 0.000000354. The maximum atomic E-state index is 10.7. The quantitative estimate of drug-likeness (QED) is 0.547. The van der Waals surface area contributed by atoms with Crippen LogP contribution in [-0.2, 0) is 4.79 Å². The van der Waals surface area contributed by atoms with Crippen LogP contribution < -0.4 is 0 Å². The molecule has 1 saturated heterocycles. The highest BCUT2D eigenvalue weighted by molar-refractivity contribution is 5.73. The van der Waals surface area contributed by atoms with Crippen molar-refractivity contribution in [2.45, 2.75) is 40.5 Å². The molecule has 1 aliphatic rings. The summed E-state index contributed by atoms with van der Waals surface area (Å²) in [5, 5.41) is 0. The fourth-order valence-corrected chi connectivity index (χ4v) is 1.22. The van der Waals surface area contributed by atoms with Crippen molar-refractivity contribution in [2.75, 3.05) is 13.1 Å². The fourth-order valence-electron chi connectivity index (χ4n) is 1.22. The molecule has 0 radical (unpaired) electrons. The van der Waals surface area contributed by atoms with E-state index in [-0.39, 0.29) is 5.91 Å². The molecule has 1 aliphatic heterocycles. The summed E-state index contributed by atoms with van der Waals surface area (Å²) in [6.45, 7) is 10.0. The summed E-state index contributed by atoms with van der Waals surface area (Å²) in [5.74, 6) is 0.938. The molecule has 2 heteroatoms. The van der Waals surface area contributed by atoms with E-state index in [4.69, 9.17) is 0 Å². The Morgan fingerprint density at radius 1 is 1.50 bits per heavy atom. The second-order valence-corrected chi connectivity index (χ2v) is 3.57. The summed E-state index contributed by atoms with van der Waals surface area (Å²) in [6.07, 6.45) is 2.43. The maximum absolute atomic E-state index is 10.7. The van der Waals surface area contributed by atoms with Crippen LogP contribution in [0.4, 0.5) is 0 Å². The highest BCUT2D eigenvalue weighted by atomic mass is 16.2. The van der Waals surface area contributed by atoms with Crippen molar-refractivity contribution < 1.29 is 4.79 Å². The zero-order valence-electron chi connectivity index (χ0n) is 8.76. The molecule has 0 bridgehead atoms. The Kier molecular flexibility index (Phi) is 5.77. The largest absolute Gasteiger partial charge is 0.343 e. The van der Waals surface area contributed by atoms with Crippen LogP contribution in [0.1, 0.15) is 40.5 Å². The van der Waals surface area contributed by atoms with E-state index >= 15 is 0 Å². The first-order valence-electron chi connectivity index (χ1n) is 4.87. The van der Waals surface area contributed by atoms with Gasteiger partial charge >= 0.3 is 0 Å². The van der Waals surface area contributed by atoms with Gasteiger partial charge < -0.3 is 4.90 Å². The number of likely N-dealkylation sites (tertiary alicyclic amines) is 1. The van der Waals surface area contributed by atoms with Crippen LogP contribution in [0.25, 0.3) is 0 Å². The molecular weight excluding hydrogens is 150 g/mol. The van der Waals surface area contributed by atoms with E-state index in [1.165, 1.54) is 12.8 Å². The Labute approximate surface area is 75.9 Å². The van der Waals surface area contributed by atoms with Crippen molar-refractivity contribution in [3.8, 4) is 0 Å². The molecule has 0 aromatic rings. The predicted molar refractivity (Wildman–Crippen MR) is 52.0 cm³/mol. The van der Waals surface area contributed by atoms with E-state index < -0.39 is 0 Å². The van der Waals surface area contributed by atoms with Gasteiger partial charge in [-0.15, -0.1) is 0 Å². The lowest BCUT2D eigenvalue weighted by Gasteiger charge is -2.11. The van der Waals surface area contributed by atoms with Crippen LogP contribution in [-0.4, -0.2) is 23.9 Å². The van der Waals surface area contributed by atoms with E-state index in [0.717, 1.165) is 13.1 Å². The van der Waals surface area contributed by atoms with Gasteiger partial charge in [0.25, 0.3) is 0 Å². The molecule has 0 aromatic carbocycles. The van der Waals surface area contributed by atoms with Crippen LogP contribution in [0.2, 0.25) is 0 Å². The highest BCUT2D eigenvalue weighted by Gasteiger charge is 2.19. The monoisotopic (exact) mass is 171 g/mol. The van der Waals surface area contributed by atoms with Crippen molar-refractivity contribution in [1.29, 1.82) is 0 Å². The number of amides is 1. The van der Waals surface area contributed by atoms with E-state index in [1.54, 1.807) is 6.92 Å². The summed E-state index contributed by atoms with van der Waals surface area (Å²) < 4.78 is 0. The third kappa shape index (κ3) is 4.37. The number of rotatable bonds is 0. The molecule has 0 unspecified atom stereocenters. The molecule has 0 N–H and O–H groups in total. The van der Waals surface area contributed by atoms with Gasteiger partial charge in [0.2, 0.25) is 5.91 Å². The molecule has 0 aliphatic carbocycles. The Morgan fingerprint density at radius 2 is 2.00 bits per heavy atom. The van der Waals surface area contributed by atoms with Crippen molar-refractivity contribution in [3.05, 3.63) is 0 Å². The molecule has 1 amide bonds. The van der Waals surface area contributed by atoms with Crippen molar-refractivity contribution >= 4 is 5.91 Å². The van der Waals surface area contributed by atoms with Gasteiger partial charge in [-0.25, -0.2) is 0 Å². The van der Waals surface area contributed by atoms with Gasteiger partial charge in [0, 0.05) is 20.0 Å². The molecule has 1 heterocycles. The van der Waals surface area contributed by atoms with Gasteiger partial charge in [-0.05, 0) is 12.3 Å². The molecule has 0 aromatic heterocycles. The van der Waals surface area contributed by atoms with Gasteiger partial charge in [-0.3, -0.25) is 4.79 Å². The van der Waals surface area contributed by atoms with Gasteiger partial charge in [0.1, 0.15) is 0 Å². The van der Waals surface area contributed by atoms with Crippen LogP contribution in [0.15, 0.2) is 0 Å². The molecule has 1 fully saturated rings. The van der Waals surface area contributed by atoms with Crippen molar-refractivity contribution in [1.82, 2.24) is 4.90 Å². The Bertz CT molecular complexity index is 134. The molecule has 72 valence electrons. The summed E-state index contributed by atoms with van der Waals surface area (Å²) in [6, 6.07) is 0. The number of hydrogen-bond acceptors (Lipinski definition) is 1. The summed E-state index contributed by atoms with van der Waals surface area (Å²) in [7, 11) is 0. The molecule has 0 saturated carbocycles. The molecule has 2 nitrogen and oxygen atoms in total. The van der Waals surface area contributed by atoms with E-state index in [2.05, 4.69) is 20.8 Å². The van der Waals surface area contributed by atoms with Gasteiger partial charge in [0.15, 0.2) is 0 Å². The smallest absolute Gasteiger partial charge is 0.219 e. The third-order valence-electron chi connectivity index (χ3n) is 1.87.